The fourth-order valence-corrected chi connectivity index (χ4v) is 2.67. The number of benzene rings is 1. The molecule has 0 radical (unpaired) electrons. The lowest BCUT2D eigenvalue weighted by molar-refractivity contribution is 0.0764. The zero-order valence-corrected chi connectivity index (χ0v) is 13.5. The number of likely N-dealkylation sites (N-methyl/N-ethyl adjacent to an activating group) is 1. The molecule has 1 N–H and O–H groups in total. The maximum atomic E-state index is 12.8. The fraction of sp³-hybridized carbons (Fsp3) is 0.588. The van der Waals surface area contributed by atoms with Crippen LogP contribution >= 0.6 is 0 Å². The molecule has 116 valence electrons. The van der Waals surface area contributed by atoms with Crippen LogP contribution in [0.1, 0.15) is 35.7 Å². The second kappa shape index (κ2) is 7.46. The minimum atomic E-state index is 0.156. The van der Waals surface area contributed by atoms with Gasteiger partial charge in [0.1, 0.15) is 0 Å². The first-order chi connectivity index (χ1) is 10.1. The van der Waals surface area contributed by atoms with E-state index in [0.29, 0.717) is 0 Å². The molecular weight excluding hydrogens is 262 g/mol. The molecule has 0 atom stereocenters. The molecule has 1 saturated heterocycles. The summed E-state index contributed by atoms with van der Waals surface area (Å²) in [5.41, 5.74) is 2.96. The molecule has 0 unspecified atom stereocenters. The van der Waals surface area contributed by atoms with Crippen LogP contribution in [-0.2, 0) is 0 Å². The smallest absolute Gasteiger partial charge is 0.255 e. The number of hydrogen-bond donors (Lipinski definition) is 1. The number of anilines is 1. The zero-order valence-electron chi connectivity index (χ0n) is 13.5. The summed E-state index contributed by atoms with van der Waals surface area (Å²) in [6.07, 6.45) is 2.10. The molecule has 1 aromatic carbocycles. The maximum Gasteiger partial charge on any atom is 0.255 e. The van der Waals surface area contributed by atoms with E-state index in [0.717, 1.165) is 56.8 Å². The quantitative estimate of drug-likeness (QED) is 0.925. The van der Waals surface area contributed by atoms with Gasteiger partial charge in [0.25, 0.3) is 5.91 Å². The highest BCUT2D eigenvalue weighted by Gasteiger charge is 2.21. The zero-order chi connectivity index (χ0) is 15.2. The van der Waals surface area contributed by atoms with Crippen LogP contribution < -0.4 is 5.32 Å². The van der Waals surface area contributed by atoms with Crippen molar-refractivity contribution in [2.24, 2.45) is 0 Å². The molecule has 21 heavy (non-hydrogen) atoms. The minimum Gasteiger partial charge on any atom is -0.384 e. The van der Waals surface area contributed by atoms with Gasteiger partial charge in [-0.3, -0.25) is 4.79 Å². The SMILES string of the molecule is CCCNc1cc(C)ccc1C(=O)N1CCCN(C)CC1. The van der Waals surface area contributed by atoms with E-state index in [4.69, 9.17) is 0 Å². The maximum absolute atomic E-state index is 12.8. The van der Waals surface area contributed by atoms with Gasteiger partial charge in [-0.15, -0.1) is 0 Å². The van der Waals surface area contributed by atoms with Crippen LogP contribution in [0.5, 0.6) is 0 Å². The van der Waals surface area contributed by atoms with E-state index in [-0.39, 0.29) is 5.91 Å². The normalized spacial score (nSPS) is 16.6. The molecule has 2 rings (SSSR count). The van der Waals surface area contributed by atoms with Gasteiger partial charge in [-0.1, -0.05) is 13.0 Å². The fourth-order valence-electron chi connectivity index (χ4n) is 2.67. The van der Waals surface area contributed by atoms with Crippen LogP contribution in [0.15, 0.2) is 18.2 Å². The average molecular weight is 289 g/mol. The average Bonchev–Trinajstić information content (AvgIpc) is 2.69. The molecule has 1 amide bonds. The first-order valence-corrected chi connectivity index (χ1v) is 7.94. The van der Waals surface area contributed by atoms with Gasteiger partial charge in [-0.05, 0) is 51.1 Å². The van der Waals surface area contributed by atoms with E-state index < -0.39 is 0 Å². The van der Waals surface area contributed by atoms with Gasteiger partial charge in [0.05, 0.1) is 5.56 Å². The molecule has 1 aromatic rings. The standard InChI is InChI=1S/C17H27N3O/c1-4-8-18-16-13-14(2)6-7-15(16)17(21)20-10-5-9-19(3)11-12-20/h6-7,13,18H,4-5,8-12H2,1-3H3. The van der Waals surface area contributed by atoms with Crippen LogP contribution in [0.3, 0.4) is 0 Å². The topological polar surface area (TPSA) is 35.6 Å². The largest absolute Gasteiger partial charge is 0.384 e. The van der Waals surface area contributed by atoms with E-state index in [1.807, 2.05) is 17.0 Å². The Kier molecular flexibility index (Phi) is 5.62. The number of rotatable bonds is 4. The third kappa shape index (κ3) is 4.21. The highest BCUT2D eigenvalue weighted by Crippen LogP contribution is 2.20. The van der Waals surface area contributed by atoms with Crippen molar-refractivity contribution >= 4 is 11.6 Å². The molecule has 0 saturated carbocycles. The van der Waals surface area contributed by atoms with Crippen molar-refractivity contribution in [1.29, 1.82) is 0 Å². The predicted octanol–water partition coefficient (Wildman–Crippen LogP) is 2.59. The Hall–Kier alpha value is -1.55. The lowest BCUT2D eigenvalue weighted by Crippen LogP contribution is -2.35. The van der Waals surface area contributed by atoms with E-state index in [9.17, 15) is 4.79 Å². The van der Waals surface area contributed by atoms with Crippen molar-refractivity contribution in [2.75, 3.05) is 45.1 Å². The summed E-state index contributed by atoms with van der Waals surface area (Å²) in [5.74, 6) is 0.156. The van der Waals surface area contributed by atoms with Gasteiger partial charge >= 0.3 is 0 Å². The number of hydrogen-bond acceptors (Lipinski definition) is 3. The third-order valence-electron chi connectivity index (χ3n) is 3.98. The van der Waals surface area contributed by atoms with Crippen LogP contribution in [0.4, 0.5) is 5.69 Å². The van der Waals surface area contributed by atoms with E-state index in [2.05, 4.69) is 37.2 Å². The summed E-state index contributed by atoms with van der Waals surface area (Å²) in [4.78, 5) is 17.1. The molecule has 4 nitrogen and oxygen atoms in total. The molecular formula is C17H27N3O. The summed E-state index contributed by atoms with van der Waals surface area (Å²) in [5, 5.41) is 3.39. The Bertz CT molecular complexity index is 487. The monoisotopic (exact) mass is 289 g/mol. The third-order valence-corrected chi connectivity index (χ3v) is 3.98. The van der Waals surface area contributed by atoms with Gasteiger partial charge in [-0.25, -0.2) is 0 Å². The molecule has 1 aliphatic rings. The van der Waals surface area contributed by atoms with Gasteiger partial charge < -0.3 is 15.1 Å². The molecule has 0 aliphatic carbocycles. The molecule has 1 heterocycles. The predicted molar refractivity (Wildman–Crippen MR) is 88.0 cm³/mol. The molecule has 4 heteroatoms. The molecule has 1 fully saturated rings. The highest BCUT2D eigenvalue weighted by atomic mass is 16.2. The van der Waals surface area contributed by atoms with Crippen molar-refractivity contribution in [2.45, 2.75) is 26.7 Å². The van der Waals surface area contributed by atoms with Crippen molar-refractivity contribution in [3.05, 3.63) is 29.3 Å². The van der Waals surface area contributed by atoms with E-state index in [1.165, 1.54) is 5.56 Å². The first kappa shape index (κ1) is 15.8. The number of carbonyl (C=O) groups excluding carboxylic acids is 1. The molecule has 0 bridgehead atoms. The number of carbonyl (C=O) groups is 1. The molecule has 0 aromatic heterocycles. The van der Waals surface area contributed by atoms with Gasteiger partial charge in [0.15, 0.2) is 0 Å². The van der Waals surface area contributed by atoms with Crippen LogP contribution in [0, 0.1) is 6.92 Å². The summed E-state index contributed by atoms with van der Waals surface area (Å²) in [7, 11) is 2.12. The lowest BCUT2D eigenvalue weighted by Gasteiger charge is -2.22. The number of nitrogens with one attached hydrogen (secondary N) is 1. The van der Waals surface area contributed by atoms with E-state index in [1.54, 1.807) is 0 Å². The second-order valence-corrected chi connectivity index (χ2v) is 5.92. The summed E-state index contributed by atoms with van der Waals surface area (Å²) in [6, 6.07) is 6.06. The molecule has 0 spiro atoms. The van der Waals surface area contributed by atoms with Gasteiger partial charge in [-0.2, -0.15) is 0 Å². The number of nitrogens with zero attached hydrogens (tertiary/aromatic N) is 2. The second-order valence-electron chi connectivity index (χ2n) is 5.92. The number of aryl methyl sites for hydroxylation is 1. The Morgan fingerprint density at radius 2 is 2.05 bits per heavy atom. The number of amides is 1. The summed E-state index contributed by atoms with van der Waals surface area (Å²) in [6.45, 7) is 8.78. The van der Waals surface area contributed by atoms with Crippen LogP contribution in [-0.4, -0.2) is 55.5 Å². The Balaban J connectivity index is 2.17. The van der Waals surface area contributed by atoms with Crippen molar-refractivity contribution in [3.63, 3.8) is 0 Å². The van der Waals surface area contributed by atoms with Crippen molar-refractivity contribution < 1.29 is 4.79 Å². The van der Waals surface area contributed by atoms with Crippen molar-refractivity contribution in [3.8, 4) is 0 Å². The van der Waals surface area contributed by atoms with Crippen LogP contribution in [0.25, 0.3) is 0 Å². The Labute approximate surface area is 128 Å². The summed E-state index contributed by atoms with van der Waals surface area (Å²) < 4.78 is 0. The van der Waals surface area contributed by atoms with Gasteiger partial charge in [0, 0.05) is 31.9 Å². The minimum absolute atomic E-state index is 0.156. The highest BCUT2D eigenvalue weighted by molar-refractivity contribution is 5.99. The Morgan fingerprint density at radius 3 is 2.81 bits per heavy atom. The van der Waals surface area contributed by atoms with Crippen LogP contribution in [0.2, 0.25) is 0 Å². The van der Waals surface area contributed by atoms with E-state index >= 15 is 0 Å². The first-order valence-electron chi connectivity index (χ1n) is 7.94. The summed E-state index contributed by atoms with van der Waals surface area (Å²) >= 11 is 0. The van der Waals surface area contributed by atoms with Gasteiger partial charge in [0.2, 0.25) is 0 Å². The lowest BCUT2D eigenvalue weighted by atomic mass is 10.1. The van der Waals surface area contributed by atoms with Crippen molar-refractivity contribution in [1.82, 2.24) is 9.80 Å². The molecule has 1 aliphatic heterocycles. The Morgan fingerprint density at radius 1 is 1.24 bits per heavy atom.